The molecule has 0 aliphatic carbocycles. The molecule has 0 fully saturated rings. The van der Waals surface area contributed by atoms with Crippen LogP contribution in [0.4, 0.5) is 0 Å². The van der Waals surface area contributed by atoms with Gasteiger partial charge in [-0.2, -0.15) is 0 Å². The molecule has 0 radical (unpaired) electrons. The van der Waals surface area contributed by atoms with Gasteiger partial charge in [0.25, 0.3) is 0 Å². The molecule has 0 aliphatic rings. The summed E-state index contributed by atoms with van der Waals surface area (Å²) in [4.78, 5) is 0. The molecule has 0 saturated heterocycles. The van der Waals surface area contributed by atoms with E-state index in [-0.39, 0.29) is 11.5 Å². The molecule has 1 aromatic carbocycles. The molecule has 9 heavy (non-hydrogen) atoms. The fourth-order valence-electron chi connectivity index (χ4n) is 0.549. The van der Waals surface area contributed by atoms with Crippen LogP contribution in [0.15, 0.2) is 18.2 Å². The summed E-state index contributed by atoms with van der Waals surface area (Å²) in [5, 5.41) is 17.9. The van der Waals surface area contributed by atoms with Crippen molar-refractivity contribution in [1.29, 1.82) is 0 Å². The van der Waals surface area contributed by atoms with E-state index in [1.54, 1.807) is 12.1 Å². The Morgan fingerprint density at radius 1 is 1.22 bits per heavy atom. The van der Waals surface area contributed by atoms with E-state index in [4.69, 9.17) is 10.2 Å². The van der Waals surface area contributed by atoms with E-state index in [0.717, 1.165) is 26.5 Å². The van der Waals surface area contributed by atoms with Gasteiger partial charge in [0.05, 0.1) is 0 Å². The van der Waals surface area contributed by atoms with Gasteiger partial charge >= 0.3 is 66.4 Å². The van der Waals surface area contributed by atoms with Crippen molar-refractivity contribution in [2.45, 2.75) is 0 Å². The Morgan fingerprint density at radius 3 is 2.33 bits per heavy atom. The van der Waals surface area contributed by atoms with Crippen molar-refractivity contribution in [2.75, 3.05) is 0 Å². The SMILES string of the molecule is Oc1ccc[c]([SbH2])c1O. The van der Waals surface area contributed by atoms with Crippen LogP contribution >= 0.6 is 0 Å². The van der Waals surface area contributed by atoms with Gasteiger partial charge in [-0.15, -0.1) is 0 Å². The van der Waals surface area contributed by atoms with Crippen LogP contribution in [0.1, 0.15) is 0 Å². The van der Waals surface area contributed by atoms with Crippen LogP contribution in [0.2, 0.25) is 0 Å². The van der Waals surface area contributed by atoms with E-state index in [1.807, 2.05) is 0 Å². The Balaban J connectivity index is 3.25. The number of hydrogen-bond donors (Lipinski definition) is 2. The van der Waals surface area contributed by atoms with E-state index < -0.39 is 0 Å². The molecule has 0 unspecified atom stereocenters. The zero-order valence-corrected chi connectivity index (χ0v) is 8.00. The number of benzene rings is 1. The average Bonchev–Trinajstić information content (AvgIpc) is 1.83. The maximum absolute atomic E-state index is 8.99. The number of hydrogen-bond acceptors (Lipinski definition) is 2. The second-order valence-electron chi connectivity index (χ2n) is 1.71. The number of para-hydroxylation sites is 1. The molecule has 0 aromatic heterocycles. The summed E-state index contributed by atoms with van der Waals surface area (Å²) in [5.74, 6) is 0.000000000000000666. The molecule has 1 aromatic rings. The van der Waals surface area contributed by atoms with Crippen LogP contribution in [0.3, 0.4) is 0 Å². The third-order valence-electron chi connectivity index (χ3n) is 1.05. The van der Waals surface area contributed by atoms with Crippen LogP contribution in [0.5, 0.6) is 11.5 Å². The molecule has 0 atom stereocenters. The van der Waals surface area contributed by atoms with Crippen molar-refractivity contribution in [2.24, 2.45) is 0 Å². The van der Waals surface area contributed by atoms with E-state index in [1.165, 1.54) is 6.07 Å². The second kappa shape index (κ2) is 2.48. The first-order valence-corrected chi connectivity index (χ1v) is 4.13. The molecular weight excluding hydrogens is 226 g/mol. The standard InChI is InChI=1S/C6H5O2.Sb.2H/c7-5-3-1-2-4-6(5)8;;;/h1-3,7-8H;;;. The molecule has 0 heterocycles. The number of aromatic hydroxyl groups is 2. The van der Waals surface area contributed by atoms with Gasteiger partial charge in [-0.05, 0) is 0 Å². The van der Waals surface area contributed by atoms with Gasteiger partial charge < -0.3 is 0 Å². The first-order valence-electron chi connectivity index (χ1n) is 2.48. The quantitative estimate of drug-likeness (QED) is 0.462. The Morgan fingerprint density at radius 2 is 1.89 bits per heavy atom. The molecule has 2 nitrogen and oxygen atoms in total. The third-order valence-corrected chi connectivity index (χ3v) is 2.38. The first kappa shape index (κ1) is 6.75. The zero-order chi connectivity index (χ0) is 6.85. The number of rotatable bonds is 0. The predicted molar refractivity (Wildman–Crippen MR) is 37.9 cm³/mol. The van der Waals surface area contributed by atoms with Crippen molar-refractivity contribution in [1.82, 2.24) is 0 Å². The number of phenolic OH excluding ortho intramolecular Hbond substituents is 2. The van der Waals surface area contributed by atoms with Crippen molar-refractivity contribution in [3.05, 3.63) is 18.2 Å². The minimum atomic E-state index is -0.0277. The molecule has 0 amide bonds. The summed E-state index contributed by atoms with van der Waals surface area (Å²) >= 11 is 0.827. The molecule has 0 saturated carbocycles. The third kappa shape index (κ3) is 1.31. The summed E-state index contributed by atoms with van der Waals surface area (Å²) in [6.07, 6.45) is 0. The fraction of sp³-hybridized carbons (Fsp3) is 0. The summed E-state index contributed by atoms with van der Waals surface area (Å²) in [6, 6.07) is 4.97. The van der Waals surface area contributed by atoms with E-state index in [9.17, 15) is 0 Å². The van der Waals surface area contributed by atoms with Crippen LogP contribution in [-0.2, 0) is 0 Å². The monoisotopic (exact) mass is 232 g/mol. The molecule has 48 valence electrons. The topological polar surface area (TPSA) is 40.5 Å². The van der Waals surface area contributed by atoms with Gasteiger partial charge in [0.15, 0.2) is 0 Å². The second-order valence-corrected chi connectivity index (χ2v) is 3.49. The van der Waals surface area contributed by atoms with E-state index in [2.05, 4.69) is 0 Å². The normalized spacial score (nSPS) is 9.44. The van der Waals surface area contributed by atoms with Crippen molar-refractivity contribution < 1.29 is 10.2 Å². The minimum absolute atomic E-state index is 0.0277. The van der Waals surface area contributed by atoms with Gasteiger partial charge in [-0.3, -0.25) is 0 Å². The molecular formula is C6H7O2Sb. The number of phenols is 2. The van der Waals surface area contributed by atoms with Crippen molar-refractivity contribution >= 4 is 26.5 Å². The molecule has 0 spiro atoms. The molecule has 3 heteroatoms. The van der Waals surface area contributed by atoms with Gasteiger partial charge in [-0.25, -0.2) is 0 Å². The van der Waals surface area contributed by atoms with E-state index in [0.29, 0.717) is 0 Å². The Labute approximate surface area is 66.6 Å². The molecule has 0 bridgehead atoms. The van der Waals surface area contributed by atoms with Crippen LogP contribution in [-0.4, -0.2) is 33.2 Å². The van der Waals surface area contributed by atoms with Crippen LogP contribution in [0, 0.1) is 0 Å². The van der Waals surface area contributed by atoms with Crippen LogP contribution in [0.25, 0.3) is 0 Å². The average molecular weight is 233 g/mol. The Hall–Kier alpha value is -0.362. The first-order chi connectivity index (χ1) is 4.22. The summed E-state index contributed by atoms with van der Waals surface area (Å²) in [5.41, 5.74) is 0. The van der Waals surface area contributed by atoms with E-state index >= 15 is 0 Å². The van der Waals surface area contributed by atoms with Crippen molar-refractivity contribution in [3.63, 3.8) is 0 Å². The zero-order valence-electron chi connectivity index (χ0n) is 4.70. The summed E-state index contributed by atoms with van der Waals surface area (Å²) < 4.78 is 0.820. The fourth-order valence-corrected chi connectivity index (χ4v) is 1.29. The van der Waals surface area contributed by atoms with Crippen LogP contribution < -0.4 is 3.51 Å². The summed E-state index contributed by atoms with van der Waals surface area (Å²) in [7, 11) is 0. The maximum atomic E-state index is 8.99. The Kier molecular flexibility index (Phi) is 1.86. The van der Waals surface area contributed by atoms with Gasteiger partial charge in [0.1, 0.15) is 0 Å². The molecule has 0 aliphatic heterocycles. The molecule has 1 rings (SSSR count). The Bertz CT molecular complexity index is 202. The van der Waals surface area contributed by atoms with Gasteiger partial charge in [0, 0.05) is 0 Å². The summed E-state index contributed by atoms with van der Waals surface area (Å²) in [6.45, 7) is 0. The predicted octanol–water partition coefficient (Wildman–Crippen LogP) is -0.644. The van der Waals surface area contributed by atoms with Gasteiger partial charge in [0.2, 0.25) is 0 Å². The van der Waals surface area contributed by atoms with Gasteiger partial charge in [-0.1, -0.05) is 0 Å². The molecule has 2 N–H and O–H groups in total. The van der Waals surface area contributed by atoms with Crippen molar-refractivity contribution in [3.8, 4) is 11.5 Å².